The van der Waals surface area contributed by atoms with E-state index in [4.69, 9.17) is 20.0 Å². The second-order valence-electron chi connectivity index (χ2n) is 23.7. The van der Waals surface area contributed by atoms with Gasteiger partial charge in [-0.15, -0.1) is 0 Å². The Morgan fingerprint density at radius 2 is 1.05 bits per heavy atom. The van der Waals surface area contributed by atoms with Crippen molar-refractivity contribution in [2.24, 2.45) is 25.9 Å². The Balaban J connectivity index is 0.973. The summed E-state index contributed by atoms with van der Waals surface area (Å²) in [4.78, 5) is 22.2. The van der Waals surface area contributed by atoms with Gasteiger partial charge < -0.3 is 19.8 Å². The number of amidine groups is 4. The molecule has 3 atom stereocenters. The highest BCUT2D eigenvalue weighted by atomic mass is 15.2. The van der Waals surface area contributed by atoms with E-state index in [1.165, 1.54) is 65.7 Å². The van der Waals surface area contributed by atoms with Crippen LogP contribution in [0.3, 0.4) is 0 Å². The highest BCUT2D eigenvalue weighted by Crippen LogP contribution is 2.58. The van der Waals surface area contributed by atoms with Gasteiger partial charge >= 0.3 is 0 Å². The fraction of sp³-hybridized carbons (Fsp3) is 0.0886. The fourth-order valence-corrected chi connectivity index (χ4v) is 14.3. The molecular weight excluding hydrogens is 1060 g/mol. The van der Waals surface area contributed by atoms with E-state index in [1.807, 2.05) is 18.2 Å². The van der Waals surface area contributed by atoms with Gasteiger partial charge in [0.1, 0.15) is 24.0 Å². The van der Waals surface area contributed by atoms with Gasteiger partial charge in [0.25, 0.3) is 0 Å². The number of hydrogen-bond acceptors (Lipinski definition) is 6. The van der Waals surface area contributed by atoms with E-state index in [9.17, 15) is 0 Å². The zero-order valence-corrected chi connectivity index (χ0v) is 48.1. The van der Waals surface area contributed by atoms with Crippen LogP contribution in [0.1, 0.15) is 65.4 Å². The average molecular weight is 1120 g/mol. The largest absolute Gasteiger partial charge is 0.347 e. The number of nitrogens with one attached hydrogen (secondary N) is 2. The Hall–Kier alpha value is -11.0. The van der Waals surface area contributed by atoms with Gasteiger partial charge in [-0.1, -0.05) is 250 Å². The van der Waals surface area contributed by atoms with Crippen molar-refractivity contribution < 1.29 is 0 Å². The maximum atomic E-state index is 5.75. The van der Waals surface area contributed by atoms with Crippen LogP contribution >= 0.6 is 0 Å². The average Bonchev–Trinajstić information content (AvgIpc) is 1.51. The van der Waals surface area contributed by atoms with E-state index in [2.05, 4.69) is 288 Å². The summed E-state index contributed by atoms with van der Waals surface area (Å²) < 4.78 is 5.12. The molecule has 8 heteroatoms. The molecule has 4 heterocycles. The molecule has 87 heavy (non-hydrogen) atoms. The van der Waals surface area contributed by atoms with Crippen LogP contribution in [-0.4, -0.2) is 38.6 Å². The summed E-state index contributed by atoms with van der Waals surface area (Å²) in [6.45, 7) is 4.85. The summed E-state index contributed by atoms with van der Waals surface area (Å²) in [5, 5.41) is 14.9. The molecule has 8 nitrogen and oxygen atoms in total. The topological polar surface area (TPSA) is 83.4 Å². The summed E-state index contributed by atoms with van der Waals surface area (Å²) >= 11 is 0. The highest BCUT2D eigenvalue weighted by Gasteiger charge is 2.42. The van der Waals surface area contributed by atoms with Crippen LogP contribution in [0.15, 0.2) is 293 Å². The molecule has 0 saturated heterocycles. The lowest BCUT2D eigenvalue weighted by Crippen LogP contribution is -2.43. The molecule has 0 radical (unpaired) electrons. The van der Waals surface area contributed by atoms with Gasteiger partial charge in [-0.2, -0.15) is 0 Å². The second kappa shape index (κ2) is 20.1. The number of benzene rings is 11. The van der Waals surface area contributed by atoms with Gasteiger partial charge in [-0.25, -0.2) is 20.0 Å². The minimum Gasteiger partial charge on any atom is -0.347 e. The summed E-state index contributed by atoms with van der Waals surface area (Å²) in [6.07, 6.45) is 8.87. The van der Waals surface area contributed by atoms with E-state index >= 15 is 0 Å². The molecule has 3 unspecified atom stereocenters. The molecule has 414 valence electrons. The van der Waals surface area contributed by atoms with Crippen LogP contribution in [0.2, 0.25) is 0 Å². The van der Waals surface area contributed by atoms with Gasteiger partial charge in [0.15, 0.2) is 11.7 Å². The first-order valence-electron chi connectivity index (χ1n) is 30.1. The van der Waals surface area contributed by atoms with Crippen LogP contribution < -0.4 is 10.6 Å². The Labute approximate surface area is 504 Å². The third kappa shape index (κ3) is 8.12. The Morgan fingerprint density at radius 1 is 0.448 bits per heavy atom. The van der Waals surface area contributed by atoms with Gasteiger partial charge in [0.05, 0.1) is 33.4 Å². The molecule has 0 amide bonds. The van der Waals surface area contributed by atoms with Crippen LogP contribution in [0.4, 0.5) is 0 Å². The quantitative estimate of drug-likeness (QED) is 0.151. The molecule has 2 aromatic heterocycles. The molecular formula is C79H58N8. The predicted molar refractivity (Wildman–Crippen MR) is 360 cm³/mol. The van der Waals surface area contributed by atoms with Crippen molar-refractivity contribution in [2.45, 2.75) is 38.0 Å². The third-order valence-corrected chi connectivity index (χ3v) is 18.3. The lowest BCUT2D eigenvalue weighted by atomic mass is 9.80. The number of hydrogen-bond donors (Lipinski definition) is 2. The van der Waals surface area contributed by atoms with E-state index in [0.29, 0.717) is 17.5 Å². The minimum absolute atomic E-state index is 0.0772. The van der Waals surface area contributed by atoms with Crippen molar-refractivity contribution in [1.82, 2.24) is 19.8 Å². The van der Waals surface area contributed by atoms with Crippen molar-refractivity contribution >= 4 is 77.7 Å². The number of nitrogens with zero attached hydrogens (tertiary/aromatic N) is 6. The molecule has 11 aromatic carbocycles. The predicted octanol–water partition coefficient (Wildman–Crippen LogP) is 17.8. The van der Waals surface area contributed by atoms with Crippen molar-refractivity contribution in [1.29, 1.82) is 0 Å². The van der Waals surface area contributed by atoms with Gasteiger partial charge in [0.2, 0.25) is 0 Å². The minimum atomic E-state index is -0.436. The molecule has 17 rings (SSSR count). The molecule has 2 aliphatic carbocycles. The Kier molecular flexibility index (Phi) is 11.7. The molecule has 2 aliphatic heterocycles. The van der Waals surface area contributed by atoms with Gasteiger partial charge in [-0.05, 0) is 81.6 Å². The van der Waals surface area contributed by atoms with Crippen molar-refractivity contribution in [3.05, 3.63) is 312 Å². The Bertz CT molecular complexity index is 5150. The van der Waals surface area contributed by atoms with E-state index < -0.39 is 6.17 Å². The number of fused-ring (bicyclic) bond motifs is 13. The molecule has 4 aliphatic rings. The molecule has 0 spiro atoms. The van der Waals surface area contributed by atoms with Crippen molar-refractivity contribution in [3.8, 4) is 33.6 Å². The highest BCUT2D eigenvalue weighted by molar-refractivity contribution is 6.32. The lowest BCUT2D eigenvalue weighted by Gasteiger charge is -2.29. The molecule has 2 N–H and O–H groups in total. The second-order valence-corrected chi connectivity index (χ2v) is 23.7. The summed E-state index contributed by atoms with van der Waals surface area (Å²) in [6, 6.07) is 89.5. The number of aromatic nitrogens is 2. The monoisotopic (exact) mass is 1120 g/mol. The van der Waals surface area contributed by atoms with Crippen LogP contribution in [-0.2, 0) is 5.41 Å². The summed E-state index contributed by atoms with van der Waals surface area (Å²) in [7, 11) is 0. The van der Waals surface area contributed by atoms with Crippen LogP contribution in [0.25, 0.3) is 88.0 Å². The van der Waals surface area contributed by atoms with Crippen molar-refractivity contribution in [2.75, 3.05) is 0 Å². The smallest absolute Gasteiger partial charge is 0.161 e. The lowest BCUT2D eigenvalue weighted by molar-refractivity contribution is 0.475. The zero-order chi connectivity index (χ0) is 57.7. The molecule has 13 aromatic rings. The van der Waals surface area contributed by atoms with Gasteiger partial charge in [0, 0.05) is 66.1 Å². The summed E-state index contributed by atoms with van der Waals surface area (Å²) in [5.74, 6) is 2.84. The number of rotatable bonds is 9. The first kappa shape index (κ1) is 50.5. The normalized spacial score (nSPS) is 17.6. The number of aliphatic imine (C=N–C) groups is 4. The molecule has 0 fully saturated rings. The first-order valence-corrected chi connectivity index (χ1v) is 30.1. The van der Waals surface area contributed by atoms with E-state index in [0.717, 1.165) is 73.6 Å². The Morgan fingerprint density at radius 3 is 1.79 bits per heavy atom. The third-order valence-electron chi connectivity index (χ3n) is 18.3. The zero-order valence-electron chi connectivity index (χ0n) is 48.1. The van der Waals surface area contributed by atoms with Gasteiger partial charge in [-0.3, -0.25) is 0 Å². The van der Waals surface area contributed by atoms with Crippen LogP contribution in [0.5, 0.6) is 0 Å². The first-order chi connectivity index (χ1) is 42.9. The SMILES string of the molecule is CC1(C)c2ccccc2-c2c1c1c3ccccc3n(-c3ccc(C4=NC(c5ccccc5)=NC(c5ccc(-c6ccccc6)cc5)N4)cc3C3=NC(C4C=CC=CC4)NC(c4ccccc4)=N3)c1c1c3ccccc3n(-c3cccc4ccccc34)c21. The van der Waals surface area contributed by atoms with Crippen LogP contribution in [0, 0.1) is 5.92 Å². The number of para-hydroxylation sites is 2. The van der Waals surface area contributed by atoms with Crippen molar-refractivity contribution in [3.63, 3.8) is 0 Å². The molecule has 0 bridgehead atoms. The fourth-order valence-electron chi connectivity index (χ4n) is 14.3. The number of allylic oxidation sites excluding steroid dienone is 3. The van der Waals surface area contributed by atoms with E-state index in [-0.39, 0.29) is 17.5 Å². The summed E-state index contributed by atoms with van der Waals surface area (Å²) in [5.41, 5.74) is 18.5. The standard InChI is InChI=1S/C79H58N8/c1-79(2)62-38-20-17-35-58(62)67-70(79)68-59-36-18-21-39-64(59)87(72(68)69-60-37-19-22-40-65(60)86(71(67)69)63-41-23-33-51-26-15-16-34-57(51)63)66-47-46-56(48-61(66)78-84-74(53-29-11-5-12-30-53)81-75(85-78)54-31-13-6-14-32-54)77-82-73(52-27-9-4-10-28-52)80-76(83-77)55-44-42-50(43-45-55)49-24-7-3-8-25-49/h3-31,33-48,54,75-76H,32H2,1-2H3,(H,80,82,83)(H,81,84,85). The maximum absolute atomic E-state index is 5.75. The van der Waals surface area contributed by atoms with E-state index in [1.54, 1.807) is 0 Å². The molecule has 0 saturated carbocycles. The maximum Gasteiger partial charge on any atom is 0.161 e.